The highest BCUT2D eigenvalue weighted by Crippen LogP contribution is 2.58. The van der Waals surface area contributed by atoms with Crippen LogP contribution in [0.15, 0.2) is 22.2 Å². The number of nitrogens with two attached hydrogens (primary N) is 3. The minimum absolute atomic E-state index is 0.140. The van der Waals surface area contributed by atoms with E-state index in [2.05, 4.69) is 14.9 Å². The Bertz CT molecular complexity index is 991. The van der Waals surface area contributed by atoms with E-state index in [-0.39, 0.29) is 22.9 Å². The smallest absolute Gasteiger partial charge is 0.158 e. The maximum atomic E-state index is 6.62. The van der Waals surface area contributed by atoms with E-state index < -0.39 is 0 Å². The van der Waals surface area contributed by atoms with Crippen LogP contribution < -0.4 is 22.1 Å². The molecule has 0 radical (unpaired) electrons. The van der Waals surface area contributed by atoms with Crippen LogP contribution in [-0.2, 0) is 4.74 Å². The molecular weight excluding hydrogens is 422 g/mol. The third kappa shape index (κ3) is 3.19. The average Bonchev–Trinajstić information content (AvgIpc) is 3.48. The Kier molecular flexibility index (Phi) is 4.77. The lowest BCUT2D eigenvalue weighted by Crippen LogP contribution is -2.55. The zero-order chi connectivity index (χ0) is 21.1. The fourth-order valence-electron chi connectivity index (χ4n) is 4.69. The summed E-state index contributed by atoms with van der Waals surface area (Å²) in [5.41, 5.74) is 19.6. The van der Waals surface area contributed by atoms with Crippen LogP contribution in [0.2, 0.25) is 5.02 Å². The fraction of sp³-hybridized carbons (Fsp3) is 0.550. The third-order valence-corrected chi connectivity index (χ3v) is 8.36. The first-order valence-corrected chi connectivity index (χ1v) is 11.4. The van der Waals surface area contributed by atoms with Crippen LogP contribution >= 0.6 is 23.4 Å². The summed E-state index contributed by atoms with van der Waals surface area (Å²) in [5.74, 6) is 1.47. The monoisotopic (exact) mass is 447 g/mol. The summed E-state index contributed by atoms with van der Waals surface area (Å²) in [5, 5.41) is 1.00. The standard InChI is InChI=1S/C20H26ClN7OS/c1-11-16(27-15(23)17(26-11)30-12-2-7-25-14(22)13(12)21)28-8-5-20(6-9-28)18(24)19(3-4-19)10-29-20/h2,7,18H,3-6,8-10,24H2,1H3,(H2,22,25)(H2,23,27)/t18-/m1/s1. The van der Waals surface area contributed by atoms with Gasteiger partial charge in [-0.3, -0.25) is 0 Å². The zero-order valence-corrected chi connectivity index (χ0v) is 18.5. The first-order valence-electron chi connectivity index (χ1n) is 10.2. The van der Waals surface area contributed by atoms with Crippen molar-refractivity contribution in [3.8, 4) is 0 Å². The number of aryl methyl sites for hydroxylation is 1. The Morgan fingerprint density at radius 1 is 1.17 bits per heavy atom. The van der Waals surface area contributed by atoms with E-state index in [9.17, 15) is 0 Å². The van der Waals surface area contributed by atoms with Gasteiger partial charge < -0.3 is 26.8 Å². The van der Waals surface area contributed by atoms with Gasteiger partial charge in [-0.2, -0.15) is 0 Å². The molecule has 0 unspecified atom stereocenters. The number of aromatic nitrogens is 3. The van der Waals surface area contributed by atoms with Gasteiger partial charge in [-0.1, -0.05) is 23.4 Å². The predicted octanol–water partition coefficient (Wildman–Crippen LogP) is 2.63. The highest BCUT2D eigenvalue weighted by atomic mass is 35.5. The molecule has 3 aliphatic rings. The molecule has 0 bridgehead atoms. The molecule has 6 N–H and O–H groups in total. The maximum Gasteiger partial charge on any atom is 0.158 e. The molecule has 2 saturated heterocycles. The topological polar surface area (TPSA) is 129 Å². The lowest BCUT2D eigenvalue weighted by molar-refractivity contribution is -0.0233. The molecule has 5 rings (SSSR count). The summed E-state index contributed by atoms with van der Waals surface area (Å²) in [6.07, 6.45) is 5.82. The first kappa shape index (κ1) is 20.1. The molecule has 1 atom stereocenters. The molecule has 2 aromatic heterocycles. The molecule has 30 heavy (non-hydrogen) atoms. The Morgan fingerprint density at radius 3 is 2.57 bits per heavy atom. The first-order chi connectivity index (χ1) is 14.3. The lowest BCUT2D eigenvalue weighted by atomic mass is 9.79. The lowest BCUT2D eigenvalue weighted by Gasteiger charge is -2.42. The molecular formula is C20H26ClN7OS. The van der Waals surface area contributed by atoms with Crippen molar-refractivity contribution in [3.05, 3.63) is 23.0 Å². The molecule has 2 aromatic rings. The molecule has 4 heterocycles. The van der Waals surface area contributed by atoms with Gasteiger partial charge in [-0.05, 0) is 38.7 Å². The summed E-state index contributed by atoms with van der Waals surface area (Å²) < 4.78 is 6.27. The van der Waals surface area contributed by atoms with Crippen LogP contribution in [0.25, 0.3) is 0 Å². The summed E-state index contributed by atoms with van der Waals surface area (Å²) in [6.45, 7) is 4.43. The third-order valence-electron chi connectivity index (χ3n) is 6.80. The number of piperidine rings is 1. The van der Waals surface area contributed by atoms with Crippen molar-refractivity contribution >= 4 is 40.8 Å². The van der Waals surface area contributed by atoms with Gasteiger partial charge in [0.15, 0.2) is 11.6 Å². The number of anilines is 3. The van der Waals surface area contributed by atoms with Gasteiger partial charge >= 0.3 is 0 Å². The summed E-state index contributed by atoms with van der Waals surface area (Å²) in [6, 6.07) is 1.93. The second kappa shape index (κ2) is 7.12. The minimum Gasteiger partial charge on any atom is -0.382 e. The molecule has 0 amide bonds. The number of ether oxygens (including phenoxy) is 1. The maximum absolute atomic E-state index is 6.62. The van der Waals surface area contributed by atoms with Crippen molar-refractivity contribution in [2.75, 3.05) is 36.1 Å². The van der Waals surface area contributed by atoms with Crippen LogP contribution in [0.1, 0.15) is 31.4 Å². The van der Waals surface area contributed by atoms with Crippen LogP contribution in [0.5, 0.6) is 0 Å². The van der Waals surface area contributed by atoms with Crippen molar-refractivity contribution in [1.82, 2.24) is 15.0 Å². The molecule has 10 heteroatoms. The van der Waals surface area contributed by atoms with Crippen LogP contribution in [0.4, 0.5) is 17.5 Å². The van der Waals surface area contributed by atoms with Crippen LogP contribution in [0, 0.1) is 12.3 Å². The quantitative estimate of drug-likeness (QED) is 0.649. The summed E-state index contributed by atoms with van der Waals surface area (Å²) in [7, 11) is 0. The molecule has 160 valence electrons. The molecule has 0 aromatic carbocycles. The molecule has 8 nitrogen and oxygen atoms in total. The highest BCUT2D eigenvalue weighted by Gasteiger charge is 2.62. The summed E-state index contributed by atoms with van der Waals surface area (Å²) >= 11 is 7.60. The van der Waals surface area contributed by atoms with E-state index in [4.69, 9.17) is 38.5 Å². The number of pyridine rings is 1. The van der Waals surface area contributed by atoms with Crippen LogP contribution in [-0.4, -0.2) is 46.3 Å². The van der Waals surface area contributed by atoms with Crippen LogP contribution in [0.3, 0.4) is 0 Å². The van der Waals surface area contributed by atoms with Crippen molar-refractivity contribution in [2.24, 2.45) is 11.1 Å². The molecule has 2 aliphatic heterocycles. The van der Waals surface area contributed by atoms with Gasteiger partial charge in [-0.25, -0.2) is 15.0 Å². The Hall–Kier alpha value is -1.81. The van der Waals surface area contributed by atoms with E-state index in [1.165, 1.54) is 24.6 Å². The van der Waals surface area contributed by atoms with Gasteiger partial charge in [0.2, 0.25) is 0 Å². The number of rotatable bonds is 3. The second-order valence-corrected chi connectivity index (χ2v) is 10.0. The fourth-order valence-corrected chi connectivity index (χ4v) is 5.79. The number of nitrogen functional groups attached to an aromatic ring is 2. The van der Waals surface area contributed by atoms with E-state index in [0.717, 1.165) is 48.9 Å². The van der Waals surface area contributed by atoms with E-state index in [1.807, 2.05) is 6.92 Å². The van der Waals surface area contributed by atoms with Crippen molar-refractivity contribution in [3.63, 3.8) is 0 Å². The molecule has 1 saturated carbocycles. The number of hydrogen-bond donors (Lipinski definition) is 3. The van der Waals surface area contributed by atoms with Gasteiger partial charge in [0.25, 0.3) is 0 Å². The van der Waals surface area contributed by atoms with Gasteiger partial charge in [0.1, 0.15) is 10.8 Å². The SMILES string of the molecule is Cc1nc(Sc2ccnc(N)c2Cl)c(N)nc1N1CCC2(CC1)OCC1(CC1)[C@H]2N. The second-order valence-electron chi connectivity index (χ2n) is 8.61. The van der Waals surface area contributed by atoms with Crippen molar-refractivity contribution < 1.29 is 4.74 Å². The Balaban J connectivity index is 1.33. The van der Waals surface area contributed by atoms with Crippen molar-refractivity contribution in [1.29, 1.82) is 0 Å². The predicted molar refractivity (Wildman–Crippen MR) is 119 cm³/mol. The summed E-state index contributed by atoms with van der Waals surface area (Å²) in [4.78, 5) is 16.4. The largest absolute Gasteiger partial charge is 0.382 e. The number of nitrogens with zero attached hydrogens (tertiary/aromatic N) is 4. The molecule has 3 fully saturated rings. The Labute approximate surface area is 184 Å². The normalized spacial score (nSPS) is 24.0. The van der Waals surface area contributed by atoms with E-state index >= 15 is 0 Å². The average molecular weight is 448 g/mol. The highest BCUT2D eigenvalue weighted by molar-refractivity contribution is 7.99. The van der Waals surface area contributed by atoms with Gasteiger partial charge in [0, 0.05) is 35.6 Å². The van der Waals surface area contributed by atoms with Crippen molar-refractivity contribution in [2.45, 2.75) is 54.2 Å². The molecule has 2 spiro atoms. The minimum atomic E-state index is -0.187. The zero-order valence-electron chi connectivity index (χ0n) is 16.9. The number of halogens is 1. The van der Waals surface area contributed by atoms with Gasteiger partial charge in [-0.15, -0.1) is 0 Å². The number of hydrogen-bond acceptors (Lipinski definition) is 9. The molecule has 1 aliphatic carbocycles. The van der Waals surface area contributed by atoms with E-state index in [1.54, 1.807) is 12.3 Å². The Morgan fingerprint density at radius 2 is 1.90 bits per heavy atom. The van der Waals surface area contributed by atoms with E-state index in [0.29, 0.717) is 15.9 Å². The van der Waals surface area contributed by atoms with Gasteiger partial charge in [0.05, 0.1) is 22.9 Å².